The van der Waals surface area contributed by atoms with Gasteiger partial charge in [0.2, 0.25) is 0 Å². The Bertz CT molecular complexity index is 165. The largest absolute Gasteiger partial charge is 1.00 e. The van der Waals surface area contributed by atoms with Gasteiger partial charge in [0.25, 0.3) is 0 Å². The fraction of sp³-hybridized carbons (Fsp3) is 0.714. The molecule has 85 valence electrons. The minimum absolute atomic E-state index is 0. The van der Waals surface area contributed by atoms with Crippen LogP contribution in [0.5, 0.6) is 0 Å². The summed E-state index contributed by atoms with van der Waals surface area (Å²) in [6, 6.07) is 0. The molecule has 0 aliphatic rings. The standard InChI is InChI=1S/C5H14NO.C2H2O4.Fe/c1-6(2,3)4-5-7;3-1(4)2(5)6;/h7H,4-5H2,1-3H3;(H,3,4)(H,5,6);/q+1;;+1/p-2. The molecule has 14 heavy (non-hydrogen) atoms. The number of aliphatic hydroxyl groups excluding tert-OH is 1. The molecule has 0 saturated carbocycles. The molecule has 0 aromatic carbocycles. The number of carbonyl (C=O) groups excluding carboxylic acids is 2. The van der Waals surface area contributed by atoms with Crippen LogP contribution in [0.4, 0.5) is 0 Å². The van der Waals surface area contributed by atoms with Gasteiger partial charge in [-0.2, -0.15) is 0 Å². The number of aliphatic hydroxyl groups is 1. The van der Waals surface area contributed by atoms with Crippen LogP contribution in [0.2, 0.25) is 0 Å². The van der Waals surface area contributed by atoms with Gasteiger partial charge in [-0.3, -0.25) is 0 Å². The Balaban J connectivity index is -0.000000163. The topological polar surface area (TPSA) is 100 Å². The number of carbonyl (C=O) groups is 2. The number of nitrogens with zero attached hydrogens (tertiary/aromatic N) is 1. The van der Waals surface area contributed by atoms with Crippen molar-refractivity contribution >= 4 is 11.9 Å². The number of hydrogen-bond acceptors (Lipinski definition) is 5. The molecule has 0 aromatic heterocycles. The van der Waals surface area contributed by atoms with Crippen LogP contribution in [0.3, 0.4) is 0 Å². The summed E-state index contributed by atoms with van der Waals surface area (Å²) >= 11 is 0. The maximum atomic E-state index is 8.93. The van der Waals surface area contributed by atoms with Crippen LogP contribution in [0, 0.1) is 0 Å². The van der Waals surface area contributed by atoms with Gasteiger partial charge in [-0.15, -0.1) is 0 Å². The molecule has 0 saturated heterocycles. The van der Waals surface area contributed by atoms with Gasteiger partial charge in [-0.1, -0.05) is 0 Å². The SMILES string of the molecule is C[N+](C)(C)CCO.O=C([O-])C(=O)[O-].[Fe+]. The van der Waals surface area contributed by atoms with Crippen LogP contribution in [-0.4, -0.2) is 55.8 Å². The van der Waals surface area contributed by atoms with Gasteiger partial charge < -0.3 is 29.4 Å². The van der Waals surface area contributed by atoms with E-state index in [1.165, 1.54) is 0 Å². The first kappa shape index (κ1) is 19.0. The summed E-state index contributed by atoms with van der Waals surface area (Å²) < 4.78 is 0.844. The first-order valence-electron chi connectivity index (χ1n) is 3.54. The molecule has 0 aliphatic carbocycles. The number of quaternary nitrogens is 1. The van der Waals surface area contributed by atoms with Gasteiger partial charge >= 0.3 is 17.1 Å². The second-order valence-corrected chi connectivity index (χ2v) is 3.31. The summed E-state index contributed by atoms with van der Waals surface area (Å²) in [5.41, 5.74) is 0. The van der Waals surface area contributed by atoms with E-state index < -0.39 is 11.9 Å². The molecule has 0 heterocycles. The molecule has 0 fully saturated rings. The molecule has 1 radical (unpaired) electrons. The average Bonchev–Trinajstić information content (AvgIpc) is 1.85. The third kappa shape index (κ3) is 22.5. The predicted octanol–water partition coefficient (Wildman–Crippen LogP) is -3.83. The molecule has 0 unspecified atom stereocenters. The number of carboxylic acids is 2. The van der Waals surface area contributed by atoms with Gasteiger partial charge in [0.15, 0.2) is 0 Å². The van der Waals surface area contributed by atoms with E-state index in [1.807, 2.05) is 0 Å². The second kappa shape index (κ2) is 8.96. The molecular weight excluding hydrogens is 234 g/mol. The van der Waals surface area contributed by atoms with Crippen LogP contribution >= 0.6 is 0 Å². The van der Waals surface area contributed by atoms with Crippen molar-refractivity contribution in [2.24, 2.45) is 0 Å². The Kier molecular flexibility index (Phi) is 12.2. The van der Waals surface area contributed by atoms with Crippen molar-refractivity contribution in [2.45, 2.75) is 0 Å². The molecule has 1 N–H and O–H groups in total. The van der Waals surface area contributed by atoms with Gasteiger partial charge in [0.05, 0.1) is 39.7 Å². The predicted molar refractivity (Wildman–Crippen MR) is 40.0 cm³/mol. The normalized spacial score (nSPS) is 9.14. The Labute approximate surface area is 93.2 Å². The summed E-state index contributed by atoms with van der Waals surface area (Å²) in [6.07, 6.45) is 0. The van der Waals surface area contributed by atoms with E-state index in [-0.39, 0.29) is 23.7 Å². The summed E-state index contributed by atoms with van der Waals surface area (Å²) in [4.78, 5) is 17.9. The van der Waals surface area contributed by atoms with Crippen LogP contribution < -0.4 is 10.2 Å². The number of rotatable bonds is 2. The molecule has 0 amide bonds. The smallest absolute Gasteiger partial charge is 0.543 e. The summed E-state index contributed by atoms with van der Waals surface area (Å²) in [7, 11) is 6.16. The Morgan fingerprint density at radius 3 is 1.43 bits per heavy atom. The van der Waals surface area contributed by atoms with Gasteiger partial charge in [-0.05, 0) is 0 Å². The third-order valence-electron chi connectivity index (χ3n) is 0.937. The van der Waals surface area contributed by atoms with Crippen molar-refractivity contribution in [1.82, 2.24) is 0 Å². The second-order valence-electron chi connectivity index (χ2n) is 3.31. The van der Waals surface area contributed by atoms with E-state index in [1.54, 1.807) is 0 Å². The molecular formula is C7H14FeNO5. The van der Waals surface area contributed by atoms with E-state index >= 15 is 0 Å². The molecule has 6 nitrogen and oxygen atoms in total. The molecule has 0 atom stereocenters. The van der Waals surface area contributed by atoms with Crippen molar-refractivity contribution in [3.63, 3.8) is 0 Å². The molecule has 7 heteroatoms. The van der Waals surface area contributed by atoms with Crippen molar-refractivity contribution in [3.05, 3.63) is 0 Å². The summed E-state index contributed by atoms with van der Waals surface area (Å²) in [5, 5.41) is 26.2. The van der Waals surface area contributed by atoms with E-state index in [9.17, 15) is 0 Å². The van der Waals surface area contributed by atoms with E-state index in [2.05, 4.69) is 21.1 Å². The average molecular weight is 248 g/mol. The van der Waals surface area contributed by atoms with E-state index in [0.29, 0.717) is 0 Å². The quantitative estimate of drug-likeness (QED) is 0.306. The number of aliphatic carboxylic acids is 2. The third-order valence-corrected chi connectivity index (χ3v) is 0.937. The van der Waals surface area contributed by atoms with Gasteiger partial charge in [-0.25, -0.2) is 0 Å². The maximum Gasteiger partial charge on any atom is 1.00 e. The Morgan fingerprint density at radius 2 is 1.43 bits per heavy atom. The minimum atomic E-state index is -2.19. The summed E-state index contributed by atoms with van der Waals surface area (Å²) in [5.74, 6) is -4.37. The Hall–Kier alpha value is -0.621. The van der Waals surface area contributed by atoms with Crippen molar-refractivity contribution in [2.75, 3.05) is 34.3 Å². The fourth-order valence-electron chi connectivity index (χ4n) is 0.300. The molecule has 0 bridgehead atoms. The fourth-order valence-corrected chi connectivity index (χ4v) is 0.300. The first-order valence-corrected chi connectivity index (χ1v) is 3.54. The van der Waals surface area contributed by atoms with Gasteiger partial charge in [0.1, 0.15) is 6.54 Å². The number of hydrogen-bond donors (Lipinski definition) is 1. The zero-order valence-electron chi connectivity index (χ0n) is 8.30. The van der Waals surface area contributed by atoms with E-state index in [0.717, 1.165) is 11.0 Å². The minimum Gasteiger partial charge on any atom is -0.543 e. The van der Waals surface area contributed by atoms with Gasteiger partial charge in [0, 0.05) is 0 Å². The van der Waals surface area contributed by atoms with Crippen LogP contribution in [0.1, 0.15) is 0 Å². The molecule has 0 rings (SSSR count). The van der Waals surface area contributed by atoms with Crippen LogP contribution in [-0.2, 0) is 26.7 Å². The van der Waals surface area contributed by atoms with E-state index in [4.69, 9.17) is 24.9 Å². The van der Waals surface area contributed by atoms with Crippen LogP contribution in [0.25, 0.3) is 0 Å². The van der Waals surface area contributed by atoms with Crippen LogP contribution in [0.15, 0.2) is 0 Å². The monoisotopic (exact) mass is 248 g/mol. The van der Waals surface area contributed by atoms with Crippen molar-refractivity contribution < 1.29 is 46.5 Å². The van der Waals surface area contributed by atoms with Crippen molar-refractivity contribution in [3.8, 4) is 0 Å². The molecule has 0 spiro atoms. The molecule has 0 aromatic rings. The Morgan fingerprint density at radius 1 is 1.14 bits per heavy atom. The number of likely N-dealkylation sites (N-methyl/N-ethyl adjacent to an activating group) is 1. The molecule has 0 aliphatic heterocycles. The first-order chi connectivity index (χ1) is 5.70. The zero-order valence-corrected chi connectivity index (χ0v) is 9.40. The maximum absolute atomic E-state index is 8.93. The number of carboxylic acid groups (broad SMARTS) is 2. The van der Waals surface area contributed by atoms with Crippen molar-refractivity contribution in [1.29, 1.82) is 0 Å². The zero-order chi connectivity index (χ0) is 11.1. The summed E-state index contributed by atoms with van der Waals surface area (Å²) in [6.45, 7) is 1.11.